The lowest BCUT2D eigenvalue weighted by Crippen LogP contribution is -2.01. The van der Waals surface area contributed by atoms with Gasteiger partial charge in [-0.2, -0.15) is 8.78 Å². The Bertz CT molecular complexity index is 426. The van der Waals surface area contributed by atoms with Crippen molar-refractivity contribution in [1.29, 1.82) is 0 Å². The summed E-state index contributed by atoms with van der Waals surface area (Å²) in [6.45, 7) is -2.77. The van der Waals surface area contributed by atoms with Crippen LogP contribution in [0, 0.1) is 0 Å². The Morgan fingerprint density at radius 1 is 1.13 bits per heavy atom. The van der Waals surface area contributed by atoms with Gasteiger partial charge in [0, 0.05) is 4.88 Å². The maximum atomic E-state index is 12.0. The van der Waals surface area contributed by atoms with Crippen molar-refractivity contribution in [3.63, 3.8) is 0 Å². The van der Waals surface area contributed by atoms with Gasteiger partial charge in [0.15, 0.2) is 0 Å². The summed E-state index contributed by atoms with van der Waals surface area (Å²) >= 11 is 1.56. The summed E-state index contributed by atoms with van der Waals surface area (Å²) in [5.41, 5.74) is 0.892. The summed E-state index contributed by atoms with van der Waals surface area (Å²) in [6, 6.07) is 10.5. The van der Waals surface area contributed by atoms with Gasteiger partial charge in [-0.05, 0) is 29.1 Å². The minimum atomic E-state index is -2.77. The molecule has 2 aromatic rings. The molecule has 0 fully saturated rings. The van der Waals surface area contributed by atoms with Gasteiger partial charge < -0.3 is 4.74 Å². The Morgan fingerprint density at radius 2 is 2.00 bits per heavy atom. The van der Waals surface area contributed by atoms with Crippen molar-refractivity contribution in [2.24, 2.45) is 0 Å². The van der Waals surface area contributed by atoms with Crippen LogP contribution >= 0.6 is 11.3 Å². The zero-order valence-corrected chi connectivity index (χ0v) is 8.51. The Balaban J connectivity index is 2.27. The Morgan fingerprint density at radius 3 is 2.67 bits per heavy atom. The lowest BCUT2D eigenvalue weighted by atomic mass is 10.2. The average molecular weight is 226 g/mol. The maximum Gasteiger partial charge on any atom is 0.387 e. The number of hydrogen-bond donors (Lipinski definition) is 0. The van der Waals surface area contributed by atoms with E-state index in [2.05, 4.69) is 4.74 Å². The minimum absolute atomic E-state index is 0.191. The highest BCUT2D eigenvalue weighted by Gasteiger charge is 2.05. The molecule has 0 spiro atoms. The SMILES string of the molecule is FC(F)Oc1cccc(-c2cccs2)c1. The van der Waals surface area contributed by atoms with Crippen molar-refractivity contribution in [3.05, 3.63) is 41.8 Å². The second-order valence-electron chi connectivity index (χ2n) is 2.88. The van der Waals surface area contributed by atoms with E-state index < -0.39 is 6.61 Å². The summed E-state index contributed by atoms with van der Waals surface area (Å²) in [7, 11) is 0. The van der Waals surface area contributed by atoms with E-state index in [1.54, 1.807) is 23.5 Å². The number of thiophene rings is 1. The van der Waals surface area contributed by atoms with Gasteiger partial charge >= 0.3 is 6.61 Å². The van der Waals surface area contributed by atoms with Crippen molar-refractivity contribution < 1.29 is 13.5 Å². The number of halogens is 2. The number of alkyl halides is 2. The van der Waals surface area contributed by atoms with Crippen LogP contribution in [0.4, 0.5) is 8.78 Å². The summed E-state index contributed by atoms with van der Waals surface area (Å²) in [4.78, 5) is 1.04. The van der Waals surface area contributed by atoms with Crippen LogP contribution in [-0.2, 0) is 0 Å². The number of benzene rings is 1. The highest BCUT2D eigenvalue weighted by molar-refractivity contribution is 7.13. The first-order valence-electron chi connectivity index (χ1n) is 4.34. The summed E-state index contributed by atoms with van der Waals surface area (Å²) in [6.07, 6.45) is 0. The largest absolute Gasteiger partial charge is 0.435 e. The van der Waals surface area contributed by atoms with E-state index in [4.69, 9.17) is 0 Å². The van der Waals surface area contributed by atoms with Crippen LogP contribution in [0.3, 0.4) is 0 Å². The minimum Gasteiger partial charge on any atom is -0.435 e. The average Bonchev–Trinajstić information content (AvgIpc) is 2.69. The van der Waals surface area contributed by atoms with E-state index in [0.717, 1.165) is 10.4 Å². The Labute approximate surface area is 89.9 Å². The van der Waals surface area contributed by atoms with Crippen molar-refractivity contribution in [3.8, 4) is 16.2 Å². The van der Waals surface area contributed by atoms with Crippen molar-refractivity contribution in [2.75, 3.05) is 0 Å². The van der Waals surface area contributed by atoms with Crippen molar-refractivity contribution >= 4 is 11.3 Å². The standard InChI is InChI=1S/C11H8F2OS/c12-11(13)14-9-4-1-3-8(7-9)10-5-2-6-15-10/h1-7,11H. The second kappa shape index (κ2) is 4.40. The van der Waals surface area contributed by atoms with Gasteiger partial charge in [-0.1, -0.05) is 18.2 Å². The molecule has 0 bridgehead atoms. The third-order valence-electron chi connectivity index (χ3n) is 1.86. The van der Waals surface area contributed by atoms with Crippen LogP contribution in [0.15, 0.2) is 41.8 Å². The zero-order valence-electron chi connectivity index (χ0n) is 7.69. The molecule has 15 heavy (non-hydrogen) atoms. The fourth-order valence-electron chi connectivity index (χ4n) is 1.27. The molecule has 1 nitrogen and oxygen atoms in total. The molecule has 0 atom stereocenters. The van der Waals surface area contributed by atoms with E-state index in [0.29, 0.717) is 0 Å². The number of rotatable bonds is 3. The van der Waals surface area contributed by atoms with Gasteiger partial charge in [0.05, 0.1) is 0 Å². The molecular weight excluding hydrogens is 218 g/mol. The van der Waals surface area contributed by atoms with E-state index in [-0.39, 0.29) is 5.75 Å². The van der Waals surface area contributed by atoms with Gasteiger partial charge in [0.25, 0.3) is 0 Å². The maximum absolute atomic E-state index is 12.0. The quantitative estimate of drug-likeness (QED) is 0.768. The second-order valence-corrected chi connectivity index (χ2v) is 3.83. The van der Waals surface area contributed by atoms with Gasteiger partial charge in [0.2, 0.25) is 0 Å². The van der Waals surface area contributed by atoms with Crippen LogP contribution in [-0.4, -0.2) is 6.61 Å². The van der Waals surface area contributed by atoms with Crippen LogP contribution in [0.2, 0.25) is 0 Å². The molecule has 2 rings (SSSR count). The summed E-state index contributed by atoms with van der Waals surface area (Å²) < 4.78 is 28.3. The molecule has 0 aliphatic heterocycles. The summed E-state index contributed by atoms with van der Waals surface area (Å²) in [5, 5.41) is 1.94. The molecule has 0 radical (unpaired) electrons. The van der Waals surface area contributed by atoms with Crippen LogP contribution in [0.1, 0.15) is 0 Å². The zero-order chi connectivity index (χ0) is 10.7. The first-order chi connectivity index (χ1) is 7.25. The predicted molar refractivity (Wildman–Crippen MR) is 56.4 cm³/mol. The first-order valence-corrected chi connectivity index (χ1v) is 5.22. The van der Waals surface area contributed by atoms with Crippen LogP contribution < -0.4 is 4.74 Å². The molecule has 0 aliphatic carbocycles. The molecule has 1 aromatic heterocycles. The molecule has 0 saturated carbocycles. The third kappa shape index (κ3) is 2.53. The molecule has 0 aliphatic rings. The van der Waals surface area contributed by atoms with Gasteiger partial charge in [0.1, 0.15) is 5.75 Å². The molecule has 0 unspecified atom stereocenters. The fraction of sp³-hybridized carbons (Fsp3) is 0.0909. The normalized spacial score (nSPS) is 10.6. The smallest absolute Gasteiger partial charge is 0.387 e. The van der Waals surface area contributed by atoms with Crippen molar-refractivity contribution in [1.82, 2.24) is 0 Å². The number of ether oxygens (including phenoxy) is 1. The van der Waals surface area contributed by atoms with E-state index in [1.807, 2.05) is 23.6 Å². The topological polar surface area (TPSA) is 9.23 Å². The Kier molecular flexibility index (Phi) is 2.97. The summed E-state index contributed by atoms with van der Waals surface area (Å²) in [5.74, 6) is 0.191. The molecule has 78 valence electrons. The first kappa shape index (κ1) is 10.1. The molecule has 1 heterocycles. The molecule has 0 amide bonds. The van der Waals surface area contributed by atoms with Crippen LogP contribution in [0.25, 0.3) is 10.4 Å². The fourth-order valence-corrected chi connectivity index (χ4v) is 1.99. The van der Waals surface area contributed by atoms with Gasteiger partial charge in [-0.3, -0.25) is 0 Å². The van der Waals surface area contributed by atoms with Gasteiger partial charge in [-0.25, -0.2) is 0 Å². The Hall–Kier alpha value is -1.42. The highest BCUT2D eigenvalue weighted by Crippen LogP contribution is 2.28. The molecule has 1 aromatic carbocycles. The third-order valence-corrected chi connectivity index (χ3v) is 2.78. The number of hydrogen-bond acceptors (Lipinski definition) is 2. The van der Waals surface area contributed by atoms with E-state index >= 15 is 0 Å². The molecular formula is C11H8F2OS. The lowest BCUT2D eigenvalue weighted by molar-refractivity contribution is -0.0498. The molecule has 0 saturated heterocycles. The highest BCUT2D eigenvalue weighted by atomic mass is 32.1. The van der Waals surface area contributed by atoms with Crippen LogP contribution in [0.5, 0.6) is 5.75 Å². The predicted octanol–water partition coefficient (Wildman–Crippen LogP) is 4.02. The van der Waals surface area contributed by atoms with Gasteiger partial charge in [-0.15, -0.1) is 11.3 Å². The van der Waals surface area contributed by atoms with Crippen molar-refractivity contribution in [2.45, 2.75) is 6.61 Å². The van der Waals surface area contributed by atoms with E-state index in [1.165, 1.54) is 6.07 Å². The molecule has 0 N–H and O–H groups in total. The lowest BCUT2D eigenvalue weighted by Gasteiger charge is -2.05. The monoisotopic (exact) mass is 226 g/mol. The molecule has 4 heteroatoms. The van der Waals surface area contributed by atoms with E-state index in [9.17, 15) is 8.78 Å².